The molecule has 0 aromatic rings. The van der Waals surface area contributed by atoms with Gasteiger partial charge in [-0.05, 0) is 13.8 Å². The van der Waals surface area contributed by atoms with Crippen molar-refractivity contribution < 1.29 is 29.6 Å². The minimum atomic E-state index is -2.05. The highest BCUT2D eigenvalue weighted by Gasteiger charge is 2.06. The molecule has 0 aliphatic rings. The number of carbonyl (C=O) groups is 2. The second-order valence-corrected chi connectivity index (χ2v) is 2.60. The minimum Gasteiger partial charge on any atom is -0.478 e. The number of aliphatic hydroxyl groups is 2. The predicted molar refractivity (Wildman–Crippen MR) is 51.6 cm³/mol. The maximum absolute atomic E-state index is 10.3. The van der Waals surface area contributed by atoms with Crippen LogP contribution in [0.3, 0.4) is 0 Å². The molecule has 0 heterocycles. The molecule has 0 aromatic carbocycles. The second-order valence-electron chi connectivity index (χ2n) is 2.60. The molecule has 15 heavy (non-hydrogen) atoms. The summed E-state index contributed by atoms with van der Waals surface area (Å²) in [6.45, 7) is 7.17. The van der Waals surface area contributed by atoms with E-state index in [2.05, 4.69) is 17.9 Å². The number of aliphatic carboxylic acids is 1. The largest absolute Gasteiger partial charge is 0.478 e. The third kappa shape index (κ3) is 12.3. The van der Waals surface area contributed by atoms with Crippen LogP contribution in [0.15, 0.2) is 24.3 Å². The molecule has 0 saturated heterocycles. The predicted octanol–water partition coefficient (Wildman–Crippen LogP) is 0.0210. The lowest BCUT2D eigenvalue weighted by Gasteiger charge is -2.03. The SMILES string of the molecule is C=C(C)C(=O)O.C=C(C)C(=O)OC(O)O. The summed E-state index contributed by atoms with van der Waals surface area (Å²) < 4.78 is 3.88. The maximum atomic E-state index is 10.3. The summed E-state index contributed by atoms with van der Waals surface area (Å²) in [5.74, 6) is -1.75. The molecule has 0 fully saturated rings. The highest BCUT2D eigenvalue weighted by molar-refractivity contribution is 5.86. The van der Waals surface area contributed by atoms with Crippen LogP contribution in [-0.2, 0) is 14.3 Å². The van der Waals surface area contributed by atoms with E-state index in [1.54, 1.807) is 0 Å². The van der Waals surface area contributed by atoms with Crippen molar-refractivity contribution in [2.75, 3.05) is 0 Å². The van der Waals surface area contributed by atoms with Gasteiger partial charge in [0.25, 0.3) is 0 Å². The van der Waals surface area contributed by atoms with Gasteiger partial charge in [-0.2, -0.15) is 0 Å². The topological polar surface area (TPSA) is 104 Å². The van der Waals surface area contributed by atoms with Crippen LogP contribution in [0.25, 0.3) is 0 Å². The summed E-state index contributed by atoms with van der Waals surface area (Å²) in [6.07, 6.45) is 0. The fourth-order valence-electron chi connectivity index (χ4n) is 0.196. The van der Waals surface area contributed by atoms with Gasteiger partial charge in [-0.3, -0.25) is 0 Å². The first-order valence-corrected chi connectivity index (χ1v) is 3.80. The van der Waals surface area contributed by atoms with Crippen LogP contribution >= 0.6 is 0 Å². The van der Waals surface area contributed by atoms with Crippen molar-refractivity contribution in [1.29, 1.82) is 0 Å². The average molecular weight is 218 g/mol. The van der Waals surface area contributed by atoms with Gasteiger partial charge in [0.2, 0.25) is 0 Å². The molecule has 0 aliphatic carbocycles. The zero-order valence-corrected chi connectivity index (χ0v) is 8.56. The van der Waals surface area contributed by atoms with Gasteiger partial charge in [0.1, 0.15) is 0 Å². The van der Waals surface area contributed by atoms with Crippen LogP contribution in [0.1, 0.15) is 13.8 Å². The first-order valence-electron chi connectivity index (χ1n) is 3.80. The Bertz CT molecular complexity index is 254. The van der Waals surface area contributed by atoms with Crippen LogP contribution in [0.4, 0.5) is 0 Å². The molecule has 0 saturated carbocycles. The lowest BCUT2D eigenvalue weighted by molar-refractivity contribution is -0.226. The number of aliphatic hydroxyl groups excluding tert-OH is 1. The molecule has 0 rings (SSSR count). The molecule has 0 aliphatic heterocycles. The molecule has 0 unspecified atom stereocenters. The Kier molecular flexibility index (Phi) is 8.13. The van der Waals surface area contributed by atoms with Crippen molar-refractivity contribution in [3.8, 4) is 0 Å². The molecule has 86 valence electrons. The summed E-state index contributed by atoms with van der Waals surface area (Å²) in [4.78, 5) is 19.9. The molecule has 3 N–H and O–H groups in total. The Morgan fingerprint density at radius 2 is 1.47 bits per heavy atom. The first-order chi connectivity index (χ1) is 6.68. The van der Waals surface area contributed by atoms with Crippen molar-refractivity contribution in [2.24, 2.45) is 0 Å². The normalized spacial score (nSPS) is 8.60. The zero-order valence-electron chi connectivity index (χ0n) is 8.56. The van der Waals surface area contributed by atoms with Crippen molar-refractivity contribution >= 4 is 11.9 Å². The van der Waals surface area contributed by atoms with Crippen LogP contribution in [0.5, 0.6) is 0 Å². The summed E-state index contributed by atoms with van der Waals surface area (Å²) in [5.41, 5.74) is 0.304. The van der Waals surface area contributed by atoms with Gasteiger partial charge in [-0.1, -0.05) is 13.2 Å². The molecule has 0 aromatic heterocycles. The Hall–Kier alpha value is -1.66. The summed E-state index contributed by atoms with van der Waals surface area (Å²) in [6, 6.07) is 0. The fraction of sp³-hybridized carbons (Fsp3) is 0.333. The molecule has 0 bridgehead atoms. The first kappa shape index (κ1) is 15.8. The highest BCUT2D eigenvalue weighted by Crippen LogP contribution is 1.92. The summed E-state index contributed by atoms with van der Waals surface area (Å²) in [5, 5.41) is 24.0. The zero-order chi connectivity index (χ0) is 12.6. The van der Waals surface area contributed by atoms with Crippen molar-refractivity contribution in [3.05, 3.63) is 24.3 Å². The average Bonchev–Trinajstić information content (AvgIpc) is 2.03. The number of hydrogen-bond donors (Lipinski definition) is 3. The third-order valence-electron chi connectivity index (χ3n) is 0.926. The number of carboxylic acid groups (broad SMARTS) is 1. The van der Waals surface area contributed by atoms with Gasteiger partial charge >= 0.3 is 18.4 Å². The van der Waals surface area contributed by atoms with E-state index in [1.165, 1.54) is 13.8 Å². The van der Waals surface area contributed by atoms with Crippen molar-refractivity contribution in [1.82, 2.24) is 0 Å². The summed E-state index contributed by atoms with van der Waals surface area (Å²) >= 11 is 0. The molecule has 0 amide bonds. The number of carboxylic acids is 1. The highest BCUT2D eigenvalue weighted by atomic mass is 16.7. The van der Waals surface area contributed by atoms with E-state index in [4.69, 9.17) is 15.3 Å². The van der Waals surface area contributed by atoms with Crippen LogP contribution in [0, 0.1) is 0 Å². The molecule has 6 nitrogen and oxygen atoms in total. The van der Waals surface area contributed by atoms with Crippen molar-refractivity contribution in [3.63, 3.8) is 0 Å². The Labute approximate surface area is 87.1 Å². The molecule has 0 spiro atoms. The Morgan fingerprint density at radius 1 is 1.13 bits per heavy atom. The van der Waals surface area contributed by atoms with Gasteiger partial charge in [0, 0.05) is 11.1 Å². The van der Waals surface area contributed by atoms with Gasteiger partial charge in [-0.25, -0.2) is 9.59 Å². The lowest BCUT2D eigenvalue weighted by Crippen LogP contribution is -2.16. The lowest BCUT2D eigenvalue weighted by atomic mass is 10.4. The molecule has 0 radical (unpaired) electrons. The van der Waals surface area contributed by atoms with E-state index in [1.807, 2.05) is 0 Å². The third-order valence-corrected chi connectivity index (χ3v) is 0.926. The van der Waals surface area contributed by atoms with Gasteiger partial charge < -0.3 is 20.1 Å². The van der Waals surface area contributed by atoms with E-state index in [-0.39, 0.29) is 11.1 Å². The second kappa shape index (κ2) is 7.72. The standard InChI is InChI=1S/C5H8O4.C4H6O2/c1-3(2)4(6)9-5(7)8;1-3(2)4(5)6/h5,7-8H,1H2,2H3;1H2,2H3,(H,5,6). The smallest absolute Gasteiger partial charge is 0.337 e. The Balaban J connectivity index is 0. The molecular weight excluding hydrogens is 204 g/mol. The van der Waals surface area contributed by atoms with E-state index in [0.717, 1.165) is 0 Å². The summed E-state index contributed by atoms with van der Waals surface area (Å²) in [7, 11) is 0. The molecular formula is C9H14O6. The van der Waals surface area contributed by atoms with Crippen LogP contribution < -0.4 is 0 Å². The number of esters is 1. The number of carbonyl (C=O) groups excluding carboxylic acids is 1. The van der Waals surface area contributed by atoms with Gasteiger partial charge in [0.15, 0.2) is 0 Å². The molecule has 6 heteroatoms. The minimum absolute atomic E-state index is 0.128. The van der Waals surface area contributed by atoms with Crippen molar-refractivity contribution in [2.45, 2.75) is 20.3 Å². The fourth-order valence-corrected chi connectivity index (χ4v) is 0.196. The monoisotopic (exact) mass is 218 g/mol. The van der Waals surface area contributed by atoms with Gasteiger partial charge in [-0.15, -0.1) is 0 Å². The van der Waals surface area contributed by atoms with Crippen LogP contribution in [-0.4, -0.2) is 33.7 Å². The maximum Gasteiger partial charge on any atom is 0.337 e. The quantitative estimate of drug-likeness (QED) is 0.350. The van der Waals surface area contributed by atoms with E-state index in [0.29, 0.717) is 0 Å². The van der Waals surface area contributed by atoms with E-state index in [9.17, 15) is 9.59 Å². The number of rotatable bonds is 3. The van der Waals surface area contributed by atoms with Crippen LogP contribution in [0.2, 0.25) is 0 Å². The number of ether oxygens (including phenoxy) is 1. The Morgan fingerprint density at radius 3 is 1.53 bits per heavy atom. The van der Waals surface area contributed by atoms with Gasteiger partial charge in [0.05, 0.1) is 0 Å². The number of hydrogen-bond acceptors (Lipinski definition) is 5. The van der Waals surface area contributed by atoms with E-state index >= 15 is 0 Å². The molecule has 0 atom stereocenters. The van der Waals surface area contributed by atoms with E-state index < -0.39 is 18.4 Å².